The number of H-pyrrole nitrogens is 1. The number of nitrogens with zero attached hydrogens (tertiary/aromatic N) is 4. The fraction of sp³-hybridized carbons (Fsp3) is 0.700. The van der Waals surface area contributed by atoms with Gasteiger partial charge in [0.25, 0.3) is 0 Å². The van der Waals surface area contributed by atoms with Gasteiger partial charge in [-0.25, -0.2) is 5.10 Å². The maximum Gasteiger partial charge on any atom is 0.322 e. The molecule has 1 amide bonds. The molecule has 0 radical (unpaired) electrons. The van der Waals surface area contributed by atoms with Gasteiger partial charge >= 0.3 is 5.97 Å². The second-order valence-electron chi connectivity index (χ2n) is 4.92. The number of amides is 1. The molecule has 1 aromatic rings. The van der Waals surface area contributed by atoms with Crippen molar-refractivity contribution in [3.05, 3.63) is 0 Å². The number of rotatable bonds is 5. The summed E-state index contributed by atoms with van der Waals surface area (Å²) in [7, 11) is 0. The van der Waals surface area contributed by atoms with Crippen LogP contribution in [0.3, 0.4) is 0 Å². The number of tetrazole rings is 1. The topological polar surface area (TPSA) is 132 Å². The number of hydrogen-bond acceptors (Lipinski definition) is 8. The summed E-state index contributed by atoms with van der Waals surface area (Å²) >= 11 is 2.45. The number of carbonyl (C=O) groups is 2. The van der Waals surface area contributed by atoms with E-state index in [9.17, 15) is 19.8 Å². The van der Waals surface area contributed by atoms with Gasteiger partial charge in [-0.15, -0.1) is 16.9 Å². The number of fused-ring (bicyclic) bond motifs is 1. The molecule has 2 fully saturated rings. The summed E-state index contributed by atoms with van der Waals surface area (Å²) in [5.74, 6) is -1.66. The number of thioether (sulfide) groups is 2. The molecule has 21 heavy (non-hydrogen) atoms. The Balaban J connectivity index is 1.82. The molecule has 0 bridgehead atoms. The molecule has 3 rings (SSSR count). The number of aliphatic carboxylic acids is 1. The Bertz CT molecular complexity index is 570. The standard InChI is InChI=1S/C10H13N5O4S2/c1-4(20-9-11-13-14-12-9)10(8(18)19)3-15-6(17)5(2-16)7(15)21-10/h4-5,7,16H,2-3H2,1H3,(H,18,19)(H,11,12,13,14)/t4?,5?,7-,10?/m1/s1. The molecule has 3 heterocycles. The predicted octanol–water partition coefficient (Wildman–Crippen LogP) is -0.973. The Hall–Kier alpha value is -1.33. The summed E-state index contributed by atoms with van der Waals surface area (Å²) < 4.78 is -1.14. The normalized spacial score (nSPS) is 32.7. The molecule has 3 N–H and O–H groups in total. The molecule has 9 nitrogen and oxygen atoms in total. The van der Waals surface area contributed by atoms with E-state index in [2.05, 4.69) is 20.6 Å². The summed E-state index contributed by atoms with van der Waals surface area (Å²) in [5.41, 5.74) is 0. The van der Waals surface area contributed by atoms with Gasteiger partial charge in [-0.05, 0) is 10.4 Å². The summed E-state index contributed by atoms with van der Waals surface area (Å²) in [6, 6.07) is 0. The lowest BCUT2D eigenvalue weighted by molar-refractivity contribution is -0.152. The first-order valence-electron chi connectivity index (χ1n) is 6.22. The van der Waals surface area contributed by atoms with Crippen LogP contribution in [0.5, 0.6) is 0 Å². The number of aromatic nitrogens is 4. The molecule has 0 aromatic carbocycles. The van der Waals surface area contributed by atoms with Crippen LogP contribution in [0.2, 0.25) is 0 Å². The quantitative estimate of drug-likeness (QED) is 0.460. The first-order valence-corrected chi connectivity index (χ1v) is 7.98. The molecule has 0 saturated carbocycles. The van der Waals surface area contributed by atoms with Crippen LogP contribution in [0.15, 0.2) is 5.16 Å². The van der Waals surface area contributed by atoms with Crippen LogP contribution in [-0.4, -0.2) is 76.1 Å². The molecule has 2 aliphatic rings. The fourth-order valence-corrected chi connectivity index (χ4v) is 5.36. The molecule has 0 spiro atoms. The Labute approximate surface area is 127 Å². The smallest absolute Gasteiger partial charge is 0.322 e. The molecule has 2 aliphatic heterocycles. The molecule has 2 saturated heterocycles. The monoisotopic (exact) mass is 331 g/mol. The zero-order chi connectivity index (χ0) is 15.2. The zero-order valence-electron chi connectivity index (χ0n) is 11.0. The van der Waals surface area contributed by atoms with Crippen molar-refractivity contribution in [2.24, 2.45) is 5.92 Å². The van der Waals surface area contributed by atoms with Crippen LogP contribution in [0, 0.1) is 5.92 Å². The minimum atomic E-state index is -1.14. The summed E-state index contributed by atoms with van der Waals surface area (Å²) in [6.07, 6.45) is 0. The van der Waals surface area contributed by atoms with Gasteiger partial charge in [0.15, 0.2) is 0 Å². The molecule has 3 unspecified atom stereocenters. The van der Waals surface area contributed by atoms with Crippen molar-refractivity contribution >= 4 is 35.4 Å². The lowest BCUT2D eigenvalue weighted by Crippen LogP contribution is -2.58. The minimum absolute atomic E-state index is 0.128. The third kappa shape index (κ3) is 2.10. The first-order chi connectivity index (χ1) is 9.99. The van der Waals surface area contributed by atoms with Gasteiger partial charge in [0.2, 0.25) is 11.1 Å². The first kappa shape index (κ1) is 14.6. The van der Waals surface area contributed by atoms with Gasteiger partial charge in [-0.1, -0.05) is 18.7 Å². The second kappa shape index (κ2) is 5.14. The van der Waals surface area contributed by atoms with Gasteiger partial charge < -0.3 is 15.1 Å². The van der Waals surface area contributed by atoms with E-state index in [-0.39, 0.29) is 29.7 Å². The molecule has 0 aliphatic carbocycles. The van der Waals surface area contributed by atoms with Gasteiger partial charge in [-0.2, -0.15) is 0 Å². The molecule has 4 atom stereocenters. The summed E-state index contributed by atoms with van der Waals surface area (Å²) in [6.45, 7) is 1.65. The third-order valence-electron chi connectivity index (χ3n) is 3.82. The highest BCUT2D eigenvalue weighted by Crippen LogP contribution is 2.53. The molecule has 114 valence electrons. The summed E-state index contributed by atoms with van der Waals surface area (Å²) in [4.78, 5) is 25.2. The van der Waals surface area contributed by atoms with E-state index in [4.69, 9.17) is 0 Å². The van der Waals surface area contributed by atoms with Crippen molar-refractivity contribution in [2.45, 2.75) is 27.5 Å². The van der Waals surface area contributed by atoms with Crippen LogP contribution in [0.25, 0.3) is 0 Å². The van der Waals surface area contributed by atoms with E-state index in [0.29, 0.717) is 5.16 Å². The zero-order valence-corrected chi connectivity index (χ0v) is 12.6. The minimum Gasteiger partial charge on any atom is -0.480 e. The number of aliphatic hydroxyl groups excluding tert-OH is 1. The lowest BCUT2D eigenvalue weighted by atomic mass is 9.96. The number of β-lactam (4-membered cyclic amide) rings is 1. The number of hydrogen-bond donors (Lipinski definition) is 3. The van der Waals surface area contributed by atoms with E-state index >= 15 is 0 Å². The highest BCUT2D eigenvalue weighted by atomic mass is 32.2. The van der Waals surface area contributed by atoms with Crippen molar-refractivity contribution in [3.8, 4) is 0 Å². The van der Waals surface area contributed by atoms with E-state index in [1.807, 2.05) is 0 Å². The van der Waals surface area contributed by atoms with Crippen LogP contribution in [0.4, 0.5) is 0 Å². The van der Waals surface area contributed by atoms with Crippen molar-refractivity contribution < 1.29 is 19.8 Å². The number of aliphatic hydroxyl groups is 1. The third-order valence-corrected chi connectivity index (χ3v) is 7.02. The lowest BCUT2D eigenvalue weighted by Gasteiger charge is -2.40. The van der Waals surface area contributed by atoms with Gasteiger partial charge in [0.05, 0.1) is 17.9 Å². The highest BCUT2D eigenvalue weighted by molar-refractivity contribution is 8.05. The number of carboxylic acids is 1. The van der Waals surface area contributed by atoms with E-state index in [1.54, 1.807) is 6.92 Å². The highest BCUT2D eigenvalue weighted by Gasteiger charge is 2.63. The number of carbonyl (C=O) groups excluding carboxylic acids is 1. The summed E-state index contributed by atoms with van der Waals surface area (Å²) in [5, 5.41) is 31.9. The largest absolute Gasteiger partial charge is 0.480 e. The predicted molar refractivity (Wildman–Crippen MR) is 73.5 cm³/mol. The van der Waals surface area contributed by atoms with Crippen molar-refractivity contribution in [2.75, 3.05) is 13.2 Å². The van der Waals surface area contributed by atoms with E-state index < -0.39 is 16.6 Å². The van der Waals surface area contributed by atoms with Gasteiger partial charge in [0, 0.05) is 11.8 Å². The van der Waals surface area contributed by atoms with Crippen molar-refractivity contribution in [1.29, 1.82) is 0 Å². The molecule has 11 heteroatoms. The Morgan fingerprint density at radius 3 is 3.05 bits per heavy atom. The second-order valence-corrected chi connectivity index (χ2v) is 7.70. The number of aromatic amines is 1. The average Bonchev–Trinajstić information content (AvgIpc) is 3.05. The average molecular weight is 331 g/mol. The Morgan fingerprint density at radius 2 is 2.48 bits per heavy atom. The molecule has 1 aromatic heterocycles. The fourth-order valence-electron chi connectivity index (χ4n) is 2.56. The maximum atomic E-state index is 11.8. The maximum absolute atomic E-state index is 11.8. The number of carboxylic acid groups (broad SMARTS) is 1. The van der Waals surface area contributed by atoms with Gasteiger partial charge in [0.1, 0.15) is 4.75 Å². The van der Waals surface area contributed by atoms with Crippen molar-refractivity contribution in [1.82, 2.24) is 25.5 Å². The van der Waals surface area contributed by atoms with Crippen LogP contribution >= 0.6 is 23.5 Å². The molecular weight excluding hydrogens is 318 g/mol. The Kier molecular flexibility index (Phi) is 3.58. The van der Waals surface area contributed by atoms with Crippen molar-refractivity contribution in [3.63, 3.8) is 0 Å². The van der Waals surface area contributed by atoms with Crippen LogP contribution < -0.4 is 0 Å². The van der Waals surface area contributed by atoms with E-state index in [1.165, 1.54) is 28.4 Å². The SMILES string of the molecule is CC(Sc1nnn[nH]1)C1(C(=O)O)CN2C(=O)C(CO)[C@H]2S1. The Morgan fingerprint density at radius 1 is 1.71 bits per heavy atom. The van der Waals surface area contributed by atoms with Crippen LogP contribution in [0.1, 0.15) is 6.92 Å². The van der Waals surface area contributed by atoms with E-state index in [0.717, 1.165) is 0 Å². The van der Waals surface area contributed by atoms with Crippen LogP contribution in [-0.2, 0) is 9.59 Å². The number of nitrogens with one attached hydrogen (secondary N) is 1. The molecular formula is C10H13N5O4S2. The van der Waals surface area contributed by atoms with Gasteiger partial charge in [-0.3, -0.25) is 9.59 Å².